The van der Waals surface area contributed by atoms with Gasteiger partial charge in [0.15, 0.2) is 5.76 Å². The highest BCUT2D eigenvalue weighted by Crippen LogP contribution is 2.22. The van der Waals surface area contributed by atoms with E-state index in [1.54, 1.807) is 25.1 Å². The van der Waals surface area contributed by atoms with E-state index in [9.17, 15) is 14.0 Å². The minimum absolute atomic E-state index is 0.0219. The molecular weight excluding hydrogens is 399 g/mol. The number of furan rings is 1. The number of carbonyl (C=O) groups excluding carboxylic acids is 1. The summed E-state index contributed by atoms with van der Waals surface area (Å²) in [4.78, 5) is 25.6. The quantitative estimate of drug-likeness (QED) is 0.392. The van der Waals surface area contributed by atoms with Gasteiger partial charge in [-0.2, -0.15) is 0 Å². The first-order valence-electron chi connectivity index (χ1n) is 9.68. The Balaban J connectivity index is 1.58. The molecule has 0 amide bonds. The molecule has 156 valence electrons. The minimum Gasteiger partial charge on any atom is -0.481 e. The van der Waals surface area contributed by atoms with E-state index < -0.39 is 11.2 Å². The molecule has 0 radical (unpaired) electrons. The SMILES string of the molecule is Cc1coc(C(=O)c2ccc(Cc3ccc(F)cc3)o2)c(OCc2ccccc2)c1=O. The van der Waals surface area contributed by atoms with Crippen molar-refractivity contribution in [3.05, 3.63) is 123 Å². The van der Waals surface area contributed by atoms with Crippen molar-refractivity contribution < 1.29 is 22.8 Å². The first-order valence-corrected chi connectivity index (χ1v) is 9.68. The highest BCUT2D eigenvalue weighted by atomic mass is 19.1. The van der Waals surface area contributed by atoms with Crippen LogP contribution in [0.4, 0.5) is 4.39 Å². The summed E-state index contributed by atoms with van der Waals surface area (Å²) in [6.45, 7) is 1.70. The molecule has 4 rings (SSSR count). The number of carbonyl (C=O) groups is 1. The van der Waals surface area contributed by atoms with Crippen LogP contribution in [0.2, 0.25) is 0 Å². The van der Waals surface area contributed by atoms with Crippen LogP contribution in [-0.4, -0.2) is 5.78 Å². The number of hydrogen-bond acceptors (Lipinski definition) is 5. The molecule has 0 N–H and O–H groups in total. The van der Waals surface area contributed by atoms with Crippen LogP contribution in [0.15, 0.2) is 86.6 Å². The number of ether oxygens (including phenoxy) is 1. The molecule has 31 heavy (non-hydrogen) atoms. The zero-order chi connectivity index (χ0) is 21.8. The van der Waals surface area contributed by atoms with E-state index in [0.29, 0.717) is 17.7 Å². The van der Waals surface area contributed by atoms with E-state index in [0.717, 1.165) is 11.1 Å². The monoisotopic (exact) mass is 418 g/mol. The van der Waals surface area contributed by atoms with Crippen molar-refractivity contribution in [2.45, 2.75) is 20.0 Å². The molecule has 0 saturated carbocycles. The third-order valence-electron chi connectivity index (χ3n) is 4.73. The first kappa shape index (κ1) is 20.3. The lowest BCUT2D eigenvalue weighted by Crippen LogP contribution is -2.16. The third-order valence-corrected chi connectivity index (χ3v) is 4.73. The molecule has 0 unspecified atom stereocenters. The van der Waals surface area contributed by atoms with Gasteiger partial charge in [0.2, 0.25) is 16.9 Å². The van der Waals surface area contributed by atoms with Crippen molar-refractivity contribution >= 4 is 5.78 Å². The van der Waals surface area contributed by atoms with Crippen LogP contribution in [0.3, 0.4) is 0 Å². The van der Waals surface area contributed by atoms with Gasteiger partial charge in [0.05, 0.1) is 6.26 Å². The minimum atomic E-state index is -0.592. The number of benzene rings is 2. The van der Waals surface area contributed by atoms with Crippen molar-refractivity contribution in [2.75, 3.05) is 0 Å². The van der Waals surface area contributed by atoms with E-state index in [-0.39, 0.29) is 29.7 Å². The van der Waals surface area contributed by atoms with Gasteiger partial charge in [-0.15, -0.1) is 0 Å². The smallest absolute Gasteiger partial charge is 0.267 e. The number of ketones is 1. The van der Waals surface area contributed by atoms with Crippen molar-refractivity contribution in [3.8, 4) is 5.75 Å². The highest BCUT2D eigenvalue weighted by Gasteiger charge is 2.24. The van der Waals surface area contributed by atoms with Gasteiger partial charge in [0.1, 0.15) is 18.2 Å². The lowest BCUT2D eigenvalue weighted by molar-refractivity contribution is 0.0971. The maximum absolute atomic E-state index is 13.1. The summed E-state index contributed by atoms with van der Waals surface area (Å²) in [5.74, 6) is -0.730. The molecule has 2 aromatic carbocycles. The molecule has 0 bridgehead atoms. The predicted molar refractivity (Wildman–Crippen MR) is 112 cm³/mol. The van der Waals surface area contributed by atoms with Gasteiger partial charge in [-0.25, -0.2) is 4.39 Å². The summed E-state index contributed by atoms with van der Waals surface area (Å²) in [7, 11) is 0. The maximum atomic E-state index is 13.1. The second kappa shape index (κ2) is 8.83. The fraction of sp³-hybridized carbons (Fsp3) is 0.120. The molecule has 5 nitrogen and oxygen atoms in total. The Morgan fingerprint density at radius 3 is 2.45 bits per heavy atom. The van der Waals surface area contributed by atoms with Crippen molar-refractivity contribution in [3.63, 3.8) is 0 Å². The molecule has 0 aliphatic heterocycles. The van der Waals surface area contributed by atoms with Gasteiger partial charge in [-0.1, -0.05) is 42.5 Å². The van der Waals surface area contributed by atoms with Crippen LogP contribution >= 0.6 is 0 Å². The number of halogens is 1. The molecule has 2 aromatic heterocycles. The summed E-state index contributed by atoms with van der Waals surface area (Å²) in [6.07, 6.45) is 1.62. The average molecular weight is 418 g/mol. The number of aryl methyl sites for hydroxylation is 1. The third kappa shape index (κ3) is 4.64. The van der Waals surface area contributed by atoms with Gasteiger partial charge in [0.25, 0.3) is 5.78 Å². The molecule has 4 aromatic rings. The predicted octanol–water partition coefficient (Wildman–Crippen LogP) is 5.08. The van der Waals surface area contributed by atoms with E-state index >= 15 is 0 Å². The van der Waals surface area contributed by atoms with Crippen LogP contribution in [0.25, 0.3) is 0 Å². The van der Waals surface area contributed by atoms with E-state index in [2.05, 4.69) is 0 Å². The van der Waals surface area contributed by atoms with Crippen molar-refractivity contribution in [2.24, 2.45) is 0 Å². The van der Waals surface area contributed by atoms with Crippen LogP contribution in [0.1, 0.15) is 38.8 Å². The molecule has 6 heteroatoms. The van der Waals surface area contributed by atoms with Gasteiger partial charge < -0.3 is 13.6 Å². The zero-order valence-corrected chi connectivity index (χ0v) is 16.8. The van der Waals surface area contributed by atoms with E-state index in [4.69, 9.17) is 13.6 Å². The molecular formula is C25H19FO5. The molecule has 0 aliphatic carbocycles. The van der Waals surface area contributed by atoms with Crippen LogP contribution < -0.4 is 10.2 Å². The Morgan fingerprint density at radius 1 is 0.968 bits per heavy atom. The molecule has 0 spiro atoms. The van der Waals surface area contributed by atoms with E-state index in [1.807, 2.05) is 30.3 Å². The average Bonchev–Trinajstić information content (AvgIpc) is 3.25. The number of rotatable bonds is 7. The second-order valence-electron chi connectivity index (χ2n) is 7.08. The van der Waals surface area contributed by atoms with Gasteiger partial charge in [-0.05, 0) is 42.3 Å². The van der Waals surface area contributed by atoms with Gasteiger partial charge in [-0.3, -0.25) is 9.59 Å². The summed E-state index contributed by atoms with van der Waals surface area (Å²) >= 11 is 0. The summed E-state index contributed by atoms with van der Waals surface area (Å²) in [5.41, 5.74) is 1.60. The lowest BCUT2D eigenvalue weighted by Gasteiger charge is -2.09. The Morgan fingerprint density at radius 2 is 1.71 bits per heavy atom. The van der Waals surface area contributed by atoms with Crippen LogP contribution in [0.5, 0.6) is 5.75 Å². The second-order valence-corrected chi connectivity index (χ2v) is 7.08. The lowest BCUT2D eigenvalue weighted by atomic mass is 10.1. The summed E-state index contributed by atoms with van der Waals surface area (Å²) in [5, 5.41) is 0. The zero-order valence-electron chi connectivity index (χ0n) is 16.8. The molecule has 0 saturated heterocycles. The first-order chi connectivity index (χ1) is 15.0. The highest BCUT2D eigenvalue weighted by molar-refractivity contribution is 6.06. The van der Waals surface area contributed by atoms with Gasteiger partial charge in [0, 0.05) is 12.0 Å². The Labute approximate surface area is 177 Å². The van der Waals surface area contributed by atoms with Crippen LogP contribution in [0, 0.1) is 12.7 Å². The Bertz CT molecular complexity index is 1250. The molecule has 0 aliphatic rings. The van der Waals surface area contributed by atoms with E-state index in [1.165, 1.54) is 24.5 Å². The normalized spacial score (nSPS) is 10.8. The summed E-state index contributed by atoms with van der Waals surface area (Å²) in [6, 6.07) is 18.5. The molecule has 0 fully saturated rings. The van der Waals surface area contributed by atoms with Gasteiger partial charge >= 0.3 is 0 Å². The standard InChI is InChI=1S/C25H19FO5/c1-16-14-29-25(24(22(16)27)30-15-18-5-3-2-4-6-18)23(28)21-12-11-20(31-21)13-17-7-9-19(26)10-8-17/h2-12,14H,13,15H2,1H3. The van der Waals surface area contributed by atoms with Crippen molar-refractivity contribution in [1.82, 2.24) is 0 Å². The Kier molecular flexibility index (Phi) is 5.80. The molecule has 2 heterocycles. The fourth-order valence-electron chi connectivity index (χ4n) is 3.06. The summed E-state index contributed by atoms with van der Waals surface area (Å²) < 4.78 is 29.9. The number of hydrogen-bond donors (Lipinski definition) is 0. The fourth-order valence-corrected chi connectivity index (χ4v) is 3.06. The Hall–Kier alpha value is -3.93. The molecule has 0 atom stereocenters. The topological polar surface area (TPSA) is 69.7 Å². The largest absolute Gasteiger partial charge is 0.481 e. The van der Waals surface area contributed by atoms with Crippen molar-refractivity contribution in [1.29, 1.82) is 0 Å². The maximum Gasteiger partial charge on any atom is 0.267 e. The van der Waals surface area contributed by atoms with Crippen LogP contribution in [-0.2, 0) is 13.0 Å².